The third-order valence-corrected chi connectivity index (χ3v) is 4.11. The van der Waals surface area contributed by atoms with E-state index in [1.54, 1.807) is 31.2 Å². The highest BCUT2D eigenvalue weighted by Gasteiger charge is 2.17. The van der Waals surface area contributed by atoms with Crippen LogP contribution in [0.5, 0.6) is 5.75 Å². The van der Waals surface area contributed by atoms with E-state index < -0.39 is 6.10 Å². The Hall–Kier alpha value is -2.00. The van der Waals surface area contributed by atoms with Gasteiger partial charge in [-0.3, -0.25) is 4.79 Å². The van der Waals surface area contributed by atoms with Gasteiger partial charge < -0.3 is 10.1 Å². The average Bonchev–Trinajstić information content (AvgIpc) is 2.56. The molecule has 0 unspecified atom stereocenters. The van der Waals surface area contributed by atoms with Crippen LogP contribution in [0, 0.1) is 0 Å². The van der Waals surface area contributed by atoms with Gasteiger partial charge >= 0.3 is 0 Å². The van der Waals surface area contributed by atoms with E-state index in [2.05, 4.69) is 25.2 Å². The third-order valence-electron chi connectivity index (χ3n) is 3.86. The number of halogens is 1. The highest BCUT2D eigenvalue weighted by molar-refractivity contribution is 6.30. The Bertz CT molecular complexity index is 655. The van der Waals surface area contributed by atoms with Gasteiger partial charge in [-0.1, -0.05) is 43.6 Å². The fraction of sp³-hybridized carbons (Fsp3) is 0.316. The molecule has 2 rings (SSSR count). The van der Waals surface area contributed by atoms with E-state index in [0.29, 0.717) is 16.7 Å². The van der Waals surface area contributed by atoms with Crippen LogP contribution in [-0.2, 0) is 4.79 Å². The van der Waals surface area contributed by atoms with Crippen molar-refractivity contribution in [3.05, 3.63) is 59.1 Å². The minimum absolute atomic E-state index is 0.171. The summed E-state index contributed by atoms with van der Waals surface area (Å²) in [7, 11) is 0. The van der Waals surface area contributed by atoms with Crippen LogP contribution < -0.4 is 10.1 Å². The smallest absolute Gasteiger partial charge is 0.265 e. The number of ether oxygens (including phenoxy) is 1. The monoisotopic (exact) mass is 331 g/mol. The molecule has 0 saturated heterocycles. The molecular formula is C19H22ClNO2. The number of para-hydroxylation sites is 1. The summed E-state index contributed by atoms with van der Waals surface area (Å²) in [5.74, 6) is 0.835. The number of rotatable bonds is 6. The summed E-state index contributed by atoms with van der Waals surface area (Å²) in [5.41, 5.74) is 1.99. The lowest BCUT2D eigenvalue weighted by molar-refractivity contribution is -0.122. The summed E-state index contributed by atoms with van der Waals surface area (Å²) >= 11 is 5.84. The van der Waals surface area contributed by atoms with E-state index >= 15 is 0 Å². The molecule has 2 atom stereocenters. The highest BCUT2D eigenvalue weighted by atomic mass is 35.5. The molecule has 122 valence electrons. The van der Waals surface area contributed by atoms with Crippen molar-refractivity contribution in [3.8, 4) is 5.75 Å². The molecule has 0 bridgehead atoms. The molecule has 0 aliphatic carbocycles. The third kappa shape index (κ3) is 4.73. The number of hydrogen-bond acceptors (Lipinski definition) is 2. The van der Waals surface area contributed by atoms with Gasteiger partial charge in [0.05, 0.1) is 0 Å². The molecule has 1 amide bonds. The molecule has 4 heteroatoms. The average molecular weight is 332 g/mol. The maximum atomic E-state index is 12.4. The van der Waals surface area contributed by atoms with Gasteiger partial charge in [0, 0.05) is 10.7 Å². The summed E-state index contributed by atoms with van der Waals surface area (Å²) in [6.45, 7) is 6.02. The summed E-state index contributed by atoms with van der Waals surface area (Å²) in [5, 5.41) is 3.60. The fourth-order valence-corrected chi connectivity index (χ4v) is 2.39. The predicted molar refractivity (Wildman–Crippen MR) is 95.3 cm³/mol. The zero-order chi connectivity index (χ0) is 16.8. The Kier molecular flexibility index (Phi) is 6.05. The Balaban J connectivity index is 2.05. The molecule has 0 aliphatic rings. The molecule has 0 heterocycles. The van der Waals surface area contributed by atoms with Crippen LogP contribution in [0.15, 0.2) is 48.5 Å². The molecule has 0 saturated carbocycles. The zero-order valence-corrected chi connectivity index (χ0v) is 14.4. The second kappa shape index (κ2) is 8.02. The van der Waals surface area contributed by atoms with E-state index in [0.717, 1.165) is 17.7 Å². The number of hydrogen-bond donors (Lipinski definition) is 1. The molecule has 0 fully saturated rings. The second-order valence-corrected chi connectivity index (χ2v) is 6.04. The van der Waals surface area contributed by atoms with Crippen molar-refractivity contribution in [1.82, 2.24) is 0 Å². The maximum Gasteiger partial charge on any atom is 0.265 e. The molecule has 2 aromatic rings. The molecule has 0 spiro atoms. The van der Waals surface area contributed by atoms with Gasteiger partial charge in [-0.25, -0.2) is 0 Å². The lowest BCUT2D eigenvalue weighted by Gasteiger charge is -2.18. The van der Waals surface area contributed by atoms with Crippen LogP contribution in [0.1, 0.15) is 38.7 Å². The molecule has 0 radical (unpaired) electrons. The molecule has 0 aliphatic heterocycles. The van der Waals surface area contributed by atoms with Crippen molar-refractivity contribution < 1.29 is 9.53 Å². The van der Waals surface area contributed by atoms with Crippen LogP contribution in [0.3, 0.4) is 0 Å². The molecule has 23 heavy (non-hydrogen) atoms. The zero-order valence-electron chi connectivity index (χ0n) is 13.7. The second-order valence-electron chi connectivity index (χ2n) is 5.60. The van der Waals surface area contributed by atoms with Crippen LogP contribution in [0.25, 0.3) is 0 Å². The first-order chi connectivity index (χ1) is 11.0. The minimum Gasteiger partial charge on any atom is -0.481 e. The first-order valence-corrected chi connectivity index (χ1v) is 8.21. The minimum atomic E-state index is -0.596. The molecule has 0 aromatic heterocycles. The van der Waals surface area contributed by atoms with Crippen molar-refractivity contribution in [2.45, 2.75) is 39.2 Å². The predicted octanol–water partition coefficient (Wildman–Crippen LogP) is 5.26. The quantitative estimate of drug-likeness (QED) is 0.784. The van der Waals surface area contributed by atoms with Crippen molar-refractivity contribution in [2.24, 2.45) is 0 Å². The summed E-state index contributed by atoms with van der Waals surface area (Å²) in [6.07, 6.45) is 0.421. The highest BCUT2D eigenvalue weighted by Crippen LogP contribution is 2.26. The van der Waals surface area contributed by atoms with Crippen LogP contribution in [0.2, 0.25) is 5.02 Å². The van der Waals surface area contributed by atoms with E-state index in [-0.39, 0.29) is 5.91 Å². The Morgan fingerprint density at radius 2 is 1.78 bits per heavy atom. The van der Waals surface area contributed by atoms with Crippen LogP contribution in [0.4, 0.5) is 5.69 Å². The number of nitrogens with one attached hydrogen (secondary N) is 1. The summed E-state index contributed by atoms with van der Waals surface area (Å²) in [6, 6.07) is 14.9. The van der Waals surface area contributed by atoms with Gasteiger partial charge in [-0.2, -0.15) is 0 Å². The van der Waals surface area contributed by atoms with Crippen molar-refractivity contribution >= 4 is 23.2 Å². The van der Waals surface area contributed by atoms with Crippen LogP contribution in [-0.4, -0.2) is 12.0 Å². The number of anilines is 1. The van der Waals surface area contributed by atoms with E-state index in [4.69, 9.17) is 16.3 Å². The molecular weight excluding hydrogens is 310 g/mol. The number of carbonyl (C=O) groups excluding carboxylic acids is 1. The normalized spacial score (nSPS) is 13.2. The lowest BCUT2D eigenvalue weighted by atomic mass is 9.97. The number of carbonyl (C=O) groups is 1. The van der Waals surface area contributed by atoms with Crippen LogP contribution >= 0.6 is 11.6 Å². The summed E-state index contributed by atoms with van der Waals surface area (Å²) < 4.78 is 5.66. The molecule has 3 nitrogen and oxygen atoms in total. The van der Waals surface area contributed by atoms with E-state index in [9.17, 15) is 4.79 Å². The SMILES string of the molecule is CC[C@@H](C)c1ccccc1NC(=O)[C@H](C)Oc1ccc(Cl)cc1. The van der Waals surface area contributed by atoms with Gasteiger partial charge in [-0.15, -0.1) is 0 Å². The Labute approximate surface area is 142 Å². The van der Waals surface area contributed by atoms with E-state index in [1.807, 2.05) is 18.2 Å². The lowest BCUT2D eigenvalue weighted by Crippen LogP contribution is -2.30. The summed E-state index contributed by atoms with van der Waals surface area (Å²) in [4.78, 5) is 12.4. The molecule has 2 aromatic carbocycles. The van der Waals surface area contributed by atoms with Crippen molar-refractivity contribution in [2.75, 3.05) is 5.32 Å². The van der Waals surface area contributed by atoms with Crippen molar-refractivity contribution in [3.63, 3.8) is 0 Å². The first kappa shape index (κ1) is 17.4. The fourth-order valence-electron chi connectivity index (χ4n) is 2.27. The Morgan fingerprint density at radius 1 is 1.13 bits per heavy atom. The number of benzene rings is 2. The largest absolute Gasteiger partial charge is 0.481 e. The maximum absolute atomic E-state index is 12.4. The van der Waals surface area contributed by atoms with Gasteiger partial charge in [-0.05, 0) is 55.2 Å². The standard InChI is InChI=1S/C19H22ClNO2/c1-4-13(2)17-7-5-6-8-18(17)21-19(22)14(3)23-16-11-9-15(20)10-12-16/h5-14H,4H2,1-3H3,(H,21,22)/t13-,14+/m1/s1. The first-order valence-electron chi connectivity index (χ1n) is 7.83. The van der Waals surface area contributed by atoms with Gasteiger partial charge in [0.1, 0.15) is 5.75 Å². The number of amides is 1. The molecule has 1 N–H and O–H groups in total. The van der Waals surface area contributed by atoms with Crippen molar-refractivity contribution in [1.29, 1.82) is 0 Å². The van der Waals surface area contributed by atoms with E-state index in [1.165, 1.54) is 0 Å². The van der Waals surface area contributed by atoms with Gasteiger partial charge in [0.15, 0.2) is 6.10 Å². The van der Waals surface area contributed by atoms with Gasteiger partial charge in [0.2, 0.25) is 0 Å². The van der Waals surface area contributed by atoms with Gasteiger partial charge in [0.25, 0.3) is 5.91 Å². The topological polar surface area (TPSA) is 38.3 Å². The Morgan fingerprint density at radius 3 is 2.43 bits per heavy atom.